The van der Waals surface area contributed by atoms with E-state index in [2.05, 4.69) is 21.2 Å². The molecule has 0 aliphatic heterocycles. The third kappa shape index (κ3) is 4.54. The molecule has 0 aliphatic rings. The summed E-state index contributed by atoms with van der Waals surface area (Å²) in [6.45, 7) is 2.72. The number of aliphatic hydroxyl groups is 1. The van der Waals surface area contributed by atoms with Crippen LogP contribution in [0.15, 0.2) is 53.0 Å². The van der Waals surface area contributed by atoms with Crippen LogP contribution in [0.1, 0.15) is 5.56 Å². The van der Waals surface area contributed by atoms with E-state index in [1.54, 1.807) is 0 Å². The van der Waals surface area contributed by atoms with Crippen LogP contribution in [0, 0.1) is 6.92 Å². The van der Waals surface area contributed by atoms with Crippen molar-refractivity contribution in [3.8, 4) is 5.75 Å². The third-order valence-corrected chi connectivity index (χ3v) is 3.45. The number of hydrogen-bond donors (Lipinski definition) is 2. The predicted octanol–water partition coefficient (Wildman–Crippen LogP) is 3.61. The van der Waals surface area contributed by atoms with Crippen molar-refractivity contribution in [2.45, 2.75) is 13.0 Å². The molecule has 0 radical (unpaired) electrons. The van der Waals surface area contributed by atoms with E-state index in [9.17, 15) is 5.11 Å². The fourth-order valence-corrected chi connectivity index (χ4v) is 2.37. The van der Waals surface area contributed by atoms with Crippen molar-refractivity contribution in [1.29, 1.82) is 0 Å². The fraction of sp³-hybridized carbons (Fsp3) is 0.250. The number of hydrogen-bond acceptors (Lipinski definition) is 3. The standard InChI is InChI=1S/C16H18BrNO2/c1-12-7-8-16(15(17)9-12)20-11-14(19)10-18-13-5-3-2-4-6-13/h2-9,14,18-19H,10-11H2,1H3. The van der Waals surface area contributed by atoms with E-state index >= 15 is 0 Å². The van der Waals surface area contributed by atoms with Gasteiger partial charge in [0.25, 0.3) is 0 Å². The maximum atomic E-state index is 9.91. The normalized spacial score (nSPS) is 11.9. The Morgan fingerprint density at radius 1 is 1.20 bits per heavy atom. The minimum Gasteiger partial charge on any atom is -0.490 e. The second-order valence-corrected chi connectivity index (χ2v) is 5.50. The van der Waals surface area contributed by atoms with Crippen LogP contribution in [-0.2, 0) is 0 Å². The first-order valence-electron chi connectivity index (χ1n) is 6.51. The molecule has 2 aromatic carbocycles. The lowest BCUT2D eigenvalue weighted by atomic mass is 10.2. The Labute approximate surface area is 127 Å². The van der Waals surface area contributed by atoms with Crippen LogP contribution in [0.25, 0.3) is 0 Å². The molecule has 1 atom stereocenters. The number of benzene rings is 2. The third-order valence-electron chi connectivity index (χ3n) is 2.83. The SMILES string of the molecule is Cc1ccc(OCC(O)CNc2ccccc2)c(Br)c1. The van der Waals surface area contributed by atoms with Gasteiger partial charge in [-0.3, -0.25) is 0 Å². The average molecular weight is 336 g/mol. The van der Waals surface area contributed by atoms with Gasteiger partial charge in [-0.1, -0.05) is 24.3 Å². The summed E-state index contributed by atoms with van der Waals surface area (Å²) in [5.41, 5.74) is 2.15. The molecule has 2 N–H and O–H groups in total. The van der Waals surface area contributed by atoms with E-state index in [1.807, 2.05) is 55.5 Å². The molecule has 0 amide bonds. The molecule has 2 rings (SSSR count). The Bertz CT molecular complexity index is 545. The molecule has 0 aromatic heterocycles. The van der Waals surface area contributed by atoms with Gasteiger partial charge in [0.05, 0.1) is 4.47 Å². The summed E-state index contributed by atoms with van der Waals surface area (Å²) < 4.78 is 6.51. The van der Waals surface area contributed by atoms with Gasteiger partial charge in [0.2, 0.25) is 0 Å². The summed E-state index contributed by atoms with van der Waals surface area (Å²) in [6.07, 6.45) is -0.566. The second kappa shape index (κ2) is 7.31. The van der Waals surface area contributed by atoms with Gasteiger partial charge in [0.15, 0.2) is 0 Å². The van der Waals surface area contributed by atoms with E-state index in [-0.39, 0.29) is 6.61 Å². The highest BCUT2D eigenvalue weighted by Crippen LogP contribution is 2.25. The van der Waals surface area contributed by atoms with Gasteiger partial charge in [-0.05, 0) is 52.7 Å². The number of rotatable bonds is 6. The lowest BCUT2D eigenvalue weighted by Gasteiger charge is -2.15. The Morgan fingerprint density at radius 2 is 1.95 bits per heavy atom. The molecule has 2 aromatic rings. The lowest BCUT2D eigenvalue weighted by molar-refractivity contribution is 0.117. The highest BCUT2D eigenvalue weighted by atomic mass is 79.9. The second-order valence-electron chi connectivity index (χ2n) is 4.65. The number of ether oxygens (including phenoxy) is 1. The van der Waals surface area contributed by atoms with Crippen molar-refractivity contribution in [2.24, 2.45) is 0 Å². The molecule has 0 spiro atoms. The van der Waals surface area contributed by atoms with Gasteiger partial charge in [-0.15, -0.1) is 0 Å². The fourth-order valence-electron chi connectivity index (χ4n) is 1.76. The number of aliphatic hydroxyl groups excluding tert-OH is 1. The first-order valence-corrected chi connectivity index (χ1v) is 7.30. The van der Waals surface area contributed by atoms with Crippen molar-refractivity contribution in [3.63, 3.8) is 0 Å². The molecule has 3 nitrogen and oxygen atoms in total. The molecular weight excluding hydrogens is 318 g/mol. The summed E-state index contributed by atoms with van der Waals surface area (Å²) >= 11 is 3.45. The smallest absolute Gasteiger partial charge is 0.133 e. The first-order chi connectivity index (χ1) is 9.65. The summed E-state index contributed by atoms with van der Waals surface area (Å²) in [5, 5.41) is 13.1. The van der Waals surface area contributed by atoms with E-state index < -0.39 is 6.10 Å². The molecule has 0 saturated carbocycles. The van der Waals surface area contributed by atoms with Gasteiger partial charge in [0.1, 0.15) is 18.5 Å². The van der Waals surface area contributed by atoms with Crippen molar-refractivity contribution >= 4 is 21.6 Å². The minimum absolute atomic E-state index is 0.251. The number of halogens is 1. The Kier molecular flexibility index (Phi) is 5.44. The number of anilines is 1. The largest absolute Gasteiger partial charge is 0.490 e. The van der Waals surface area contributed by atoms with Crippen LogP contribution in [0.2, 0.25) is 0 Å². The molecular formula is C16H18BrNO2. The summed E-state index contributed by atoms with van der Waals surface area (Å²) in [7, 11) is 0. The molecule has 0 saturated heterocycles. The van der Waals surface area contributed by atoms with Crippen LogP contribution in [0.3, 0.4) is 0 Å². The zero-order valence-corrected chi connectivity index (χ0v) is 12.9. The van der Waals surface area contributed by atoms with Gasteiger partial charge in [-0.2, -0.15) is 0 Å². The number of para-hydroxylation sites is 1. The van der Waals surface area contributed by atoms with E-state index in [1.165, 1.54) is 0 Å². The van der Waals surface area contributed by atoms with Crippen LogP contribution in [0.5, 0.6) is 5.75 Å². The monoisotopic (exact) mass is 335 g/mol. The molecule has 1 unspecified atom stereocenters. The van der Waals surface area contributed by atoms with Crippen LogP contribution in [-0.4, -0.2) is 24.4 Å². The van der Waals surface area contributed by atoms with Crippen molar-refractivity contribution in [1.82, 2.24) is 0 Å². The Morgan fingerprint density at radius 3 is 2.65 bits per heavy atom. The molecule has 0 bridgehead atoms. The minimum atomic E-state index is -0.566. The highest BCUT2D eigenvalue weighted by Gasteiger charge is 2.07. The summed E-state index contributed by atoms with van der Waals surface area (Å²) in [4.78, 5) is 0. The quantitative estimate of drug-likeness (QED) is 0.847. The predicted molar refractivity (Wildman–Crippen MR) is 85.3 cm³/mol. The van der Waals surface area contributed by atoms with Crippen LogP contribution >= 0.6 is 15.9 Å². The molecule has 4 heteroatoms. The number of nitrogens with one attached hydrogen (secondary N) is 1. The van der Waals surface area contributed by atoms with Gasteiger partial charge in [-0.25, -0.2) is 0 Å². The van der Waals surface area contributed by atoms with E-state index in [4.69, 9.17) is 4.74 Å². The zero-order valence-electron chi connectivity index (χ0n) is 11.3. The Hall–Kier alpha value is -1.52. The Balaban J connectivity index is 1.79. The summed E-state index contributed by atoms with van der Waals surface area (Å²) in [5.74, 6) is 0.745. The van der Waals surface area contributed by atoms with Crippen molar-refractivity contribution in [2.75, 3.05) is 18.5 Å². The molecule has 20 heavy (non-hydrogen) atoms. The maximum Gasteiger partial charge on any atom is 0.133 e. The van der Waals surface area contributed by atoms with Crippen LogP contribution in [0.4, 0.5) is 5.69 Å². The van der Waals surface area contributed by atoms with E-state index in [0.29, 0.717) is 6.54 Å². The summed E-state index contributed by atoms with van der Waals surface area (Å²) in [6, 6.07) is 15.7. The average Bonchev–Trinajstić information content (AvgIpc) is 2.45. The van der Waals surface area contributed by atoms with Gasteiger partial charge >= 0.3 is 0 Å². The molecule has 0 aliphatic carbocycles. The zero-order chi connectivity index (χ0) is 14.4. The van der Waals surface area contributed by atoms with Crippen molar-refractivity contribution in [3.05, 3.63) is 58.6 Å². The van der Waals surface area contributed by atoms with Gasteiger partial charge in [0, 0.05) is 12.2 Å². The molecule has 0 fully saturated rings. The topological polar surface area (TPSA) is 41.5 Å². The highest BCUT2D eigenvalue weighted by molar-refractivity contribution is 9.10. The lowest BCUT2D eigenvalue weighted by Crippen LogP contribution is -2.26. The first kappa shape index (κ1) is 14.9. The maximum absolute atomic E-state index is 9.91. The molecule has 0 heterocycles. The van der Waals surface area contributed by atoms with Crippen LogP contribution < -0.4 is 10.1 Å². The van der Waals surface area contributed by atoms with E-state index in [0.717, 1.165) is 21.5 Å². The van der Waals surface area contributed by atoms with Gasteiger partial charge < -0.3 is 15.2 Å². The molecule has 106 valence electrons. The number of aryl methyl sites for hydroxylation is 1. The van der Waals surface area contributed by atoms with Crippen molar-refractivity contribution < 1.29 is 9.84 Å².